The Kier molecular flexibility index (Phi) is 3.74. The Morgan fingerprint density at radius 1 is 1.39 bits per heavy atom. The fourth-order valence-electron chi connectivity index (χ4n) is 1.86. The smallest absolute Gasteiger partial charge is 0.238 e. The van der Waals surface area contributed by atoms with E-state index in [1.54, 1.807) is 6.20 Å². The number of hydrogen-bond donors (Lipinski definition) is 2. The number of nitrogens with zero attached hydrogens (tertiary/aromatic N) is 2. The maximum Gasteiger partial charge on any atom is 0.238 e. The lowest BCUT2D eigenvalue weighted by atomic mass is 10.0. The summed E-state index contributed by atoms with van der Waals surface area (Å²) < 4.78 is 2.04. The van der Waals surface area contributed by atoms with Gasteiger partial charge < -0.3 is 4.57 Å². The summed E-state index contributed by atoms with van der Waals surface area (Å²) in [5.41, 5.74) is 4.23. The number of nitrogens with one attached hydrogen (secondary N) is 1. The molecule has 0 aliphatic rings. The molecule has 1 amide bonds. The number of rotatable bonds is 4. The van der Waals surface area contributed by atoms with Crippen LogP contribution in [0.1, 0.15) is 17.0 Å². The van der Waals surface area contributed by atoms with Crippen LogP contribution in [0.4, 0.5) is 0 Å². The van der Waals surface area contributed by atoms with Gasteiger partial charge in [0, 0.05) is 18.9 Å². The van der Waals surface area contributed by atoms with Crippen LogP contribution in [-0.2, 0) is 17.8 Å². The van der Waals surface area contributed by atoms with Crippen LogP contribution in [0.5, 0.6) is 0 Å². The van der Waals surface area contributed by atoms with Crippen molar-refractivity contribution in [3.05, 3.63) is 53.6 Å². The molecule has 5 heteroatoms. The van der Waals surface area contributed by atoms with Crippen LogP contribution < -0.4 is 11.3 Å². The highest BCUT2D eigenvalue weighted by Gasteiger charge is 2.07. The molecule has 0 aliphatic carbocycles. The molecular formula is C13H16N4O. The highest BCUT2D eigenvalue weighted by Crippen LogP contribution is 2.12. The van der Waals surface area contributed by atoms with E-state index in [0.29, 0.717) is 13.0 Å². The number of amides is 1. The number of imidazole rings is 1. The van der Waals surface area contributed by atoms with Gasteiger partial charge in [0.2, 0.25) is 5.91 Å². The van der Waals surface area contributed by atoms with Crippen LogP contribution in [0.3, 0.4) is 0 Å². The fourth-order valence-corrected chi connectivity index (χ4v) is 1.86. The van der Waals surface area contributed by atoms with Crippen molar-refractivity contribution in [3.63, 3.8) is 0 Å². The number of carbonyl (C=O) groups is 1. The second kappa shape index (κ2) is 5.46. The monoisotopic (exact) mass is 244 g/mol. The summed E-state index contributed by atoms with van der Waals surface area (Å²) in [6, 6.07) is 7.84. The SMILES string of the molecule is Cc1nccn1Cc1ccccc1CC(=O)NN. The minimum Gasteiger partial charge on any atom is -0.331 e. The van der Waals surface area contributed by atoms with Gasteiger partial charge in [-0.05, 0) is 18.1 Å². The van der Waals surface area contributed by atoms with Crippen LogP contribution >= 0.6 is 0 Å². The number of hydrazine groups is 1. The van der Waals surface area contributed by atoms with Crippen molar-refractivity contribution in [3.8, 4) is 0 Å². The van der Waals surface area contributed by atoms with E-state index in [1.807, 2.05) is 42.0 Å². The highest BCUT2D eigenvalue weighted by atomic mass is 16.2. The molecule has 0 unspecified atom stereocenters. The quantitative estimate of drug-likeness (QED) is 0.474. The number of benzene rings is 1. The molecule has 2 aromatic rings. The number of aromatic nitrogens is 2. The van der Waals surface area contributed by atoms with Gasteiger partial charge in [-0.25, -0.2) is 10.8 Å². The molecule has 1 heterocycles. The Labute approximate surface area is 106 Å². The summed E-state index contributed by atoms with van der Waals surface area (Å²) in [6.45, 7) is 2.66. The van der Waals surface area contributed by atoms with E-state index < -0.39 is 0 Å². The Balaban J connectivity index is 2.22. The molecule has 0 saturated carbocycles. The molecule has 94 valence electrons. The third-order valence-electron chi connectivity index (χ3n) is 2.89. The molecule has 0 radical (unpaired) electrons. The van der Waals surface area contributed by atoms with Crippen molar-refractivity contribution in [1.82, 2.24) is 15.0 Å². The second-order valence-corrected chi connectivity index (χ2v) is 4.12. The number of nitrogens with two attached hydrogens (primary N) is 1. The topological polar surface area (TPSA) is 72.9 Å². The third-order valence-corrected chi connectivity index (χ3v) is 2.89. The van der Waals surface area contributed by atoms with E-state index in [0.717, 1.165) is 17.0 Å². The molecule has 5 nitrogen and oxygen atoms in total. The number of aryl methyl sites for hydroxylation is 1. The van der Waals surface area contributed by atoms with Crippen LogP contribution in [0.25, 0.3) is 0 Å². The number of hydrogen-bond acceptors (Lipinski definition) is 3. The molecule has 3 N–H and O–H groups in total. The Morgan fingerprint density at radius 3 is 2.72 bits per heavy atom. The summed E-state index contributed by atoms with van der Waals surface area (Å²) in [6.07, 6.45) is 3.99. The average molecular weight is 244 g/mol. The minimum atomic E-state index is -0.190. The van der Waals surface area contributed by atoms with E-state index in [4.69, 9.17) is 5.84 Å². The van der Waals surface area contributed by atoms with Crippen LogP contribution in [-0.4, -0.2) is 15.5 Å². The fraction of sp³-hybridized carbons (Fsp3) is 0.231. The van der Waals surface area contributed by atoms with Crippen molar-refractivity contribution in [1.29, 1.82) is 0 Å². The van der Waals surface area contributed by atoms with Crippen molar-refractivity contribution < 1.29 is 4.79 Å². The van der Waals surface area contributed by atoms with E-state index in [2.05, 4.69) is 10.4 Å². The van der Waals surface area contributed by atoms with Crippen LogP contribution in [0.15, 0.2) is 36.7 Å². The Bertz CT molecular complexity index is 547. The minimum absolute atomic E-state index is 0.190. The van der Waals surface area contributed by atoms with Crippen molar-refractivity contribution in [2.24, 2.45) is 5.84 Å². The molecule has 1 aromatic heterocycles. The zero-order valence-electron chi connectivity index (χ0n) is 10.3. The number of carbonyl (C=O) groups excluding carboxylic acids is 1. The largest absolute Gasteiger partial charge is 0.331 e. The zero-order chi connectivity index (χ0) is 13.0. The summed E-state index contributed by atoms with van der Waals surface area (Å²) in [5, 5.41) is 0. The predicted octanol–water partition coefficient (Wildman–Crippen LogP) is 0.772. The summed E-state index contributed by atoms with van der Waals surface area (Å²) in [7, 11) is 0. The molecule has 2 rings (SSSR count). The maximum absolute atomic E-state index is 11.3. The lowest BCUT2D eigenvalue weighted by Gasteiger charge is -2.10. The summed E-state index contributed by atoms with van der Waals surface area (Å²) in [5.74, 6) is 5.88. The molecule has 0 spiro atoms. The lowest BCUT2D eigenvalue weighted by molar-refractivity contribution is -0.120. The van der Waals surface area contributed by atoms with Crippen molar-refractivity contribution in [2.45, 2.75) is 19.9 Å². The zero-order valence-corrected chi connectivity index (χ0v) is 10.3. The molecule has 18 heavy (non-hydrogen) atoms. The van der Waals surface area contributed by atoms with E-state index in [-0.39, 0.29) is 5.91 Å². The Morgan fingerprint density at radius 2 is 2.11 bits per heavy atom. The standard InChI is InChI=1S/C13H16N4O/c1-10-15-6-7-17(10)9-12-5-3-2-4-11(12)8-13(18)16-14/h2-7H,8-9,14H2,1H3,(H,16,18). The maximum atomic E-state index is 11.3. The Hall–Kier alpha value is -2.14. The molecule has 0 fully saturated rings. The van der Waals surface area contributed by atoms with Gasteiger partial charge >= 0.3 is 0 Å². The van der Waals surface area contributed by atoms with Gasteiger partial charge in [-0.1, -0.05) is 24.3 Å². The molecule has 0 saturated heterocycles. The van der Waals surface area contributed by atoms with Crippen molar-refractivity contribution >= 4 is 5.91 Å². The molecule has 0 aliphatic heterocycles. The van der Waals surface area contributed by atoms with Crippen LogP contribution in [0, 0.1) is 6.92 Å². The van der Waals surface area contributed by atoms with Crippen molar-refractivity contribution in [2.75, 3.05) is 0 Å². The first-order valence-corrected chi connectivity index (χ1v) is 5.74. The lowest BCUT2D eigenvalue weighted by Crippen LogP contribution is -2.31. The van der Waals surface area contributed by atoms with E-state index in [1.165, 1.54) is 0 Å². The van der Waals surface area contributed by atoms with Crippen LogP contribution in [0.2, 0.25) is 0 Å². The summed E-state index contributed by atoms with van der Waals surface area (Å²) in [4.78, 5) is 15.5. The van der Waals surface area contributed by atoms with Gasteiger partial charge in [-0.2, -0.15) is 0 Å². The summed E-state index contributed by atoms with van der Waals surface area (Å²) >= 11 is 0. The highest BCUT2D eigenvalue weighted by molar-refractivity contribution is 5.78. The molecule has 0 atom stereocenters. The average Bonchev–Trinajstić information content (AvgIpc) is 2.77. The second-order valence-electron chi connectivity index (χ2n) is 4.12. The normalized spacial score (nSPS) is 10.3. The predicted molar refractivity (Wildman–Crippen MR) is 68.5 cm³/mol. The van der Waals surface area contributed by atoms with Gasteiger partial charge in [0.15, 0.2) is 0 Å². The first-order chi connectivity index (χ1) is 8.70. The van der Waals surface area contributed by atoms with Gasteiger partial charge in [0.25, 0.3) is 0 Å². The molecular weight excluding hydrogens is 228 g/mol. The van der Waals surface area contributed by atoms with Gasteiger partial charge in [0.05, 0.1) is 6.42 Å². The third kappa shape index (κ3) is 2.75. The first kappa shape index (κ1) is 12.3. The van der Waals surface area contributed by atoms with Gasteiger partial charge in [0.1, 0.15) is 5.82 Å². The molecule has 1 aromatic carbocycles. The van der Waals surface area contributed by atoms with E-state index in [9.17, 15) is 4.79 Å². The van der Waals surface area contributed by atoms with Gasteiger partial charge in [-0.15, -0.1) is 0 Å². The first-order valence-electron chi connectivity index (χ1n) is 5.74. The van der Waals surface area contributed by atoms with E-state index >= 15 is 0 Å². The van der Waals surface area contributed by atoms with Gasteiger partial charge in [-0.3, -0.25) is 10.2 Å². The molecule has 0 bridgehead atoms.